The van der Waals surface area contributed by atoms with Crippen LogP contribution in [0.2, 0.25) is 0 Å². The zero-order valence-corrected chi connectivity index (χ0v) is 13.9. The van der Waals surface area contributed by atoms with Crippen LogP contribution in [-0.2, 0) is 22.4 Å². The van der Waals surface area contributed by atoms with Gasteiger partial charge in [0.15, 0.2) is 0 Å². The van der Waals surface area contributed by atoms with Crippen molar-refractivity contribution in [2.45, 2.75) is 50.7 Å². The van der Waals surface area contributed by atoms with E-state index in [2.05, 4.69) is 11.4 Å². The molecule has 0 unspecified atom stereocenters. The average molecular weight is 331 g/mol. The van der Waals surface area contributed by atoms with Crippen LogP contribution in [0.15, 0.2) is 18.2 Å². The first-order chi connectivity index (χ1) is 11.7. The van der Waals surface area contributed by atoms with Crippen LogP contribution in [0.5, 0.6) is 5.75 Å². The van der Waals surface area contributed by atoms with Gasteiger partial charge >= 0.3 is 0 Å². The van der Waals surface area contributed by atoms with Crippen LogP contribution in [0.25, 0.3) is 0 Å². The summed E-state index contributed by atoms with van der Waals surface area (Å²) in [6, 6.07) is 6.12. The largest absolute Gasteiger partial charge is 0.493 e. The highest BCUT2D eigenvalue weighted by molar-refractivity contribution is 5.79. The monoisotopic (exact) mass is 331 g/mol. The lowest BCUT2D eigenvalue weighted by molar-refractivity contribution is -0.155. The predicted molar refractivity (Wildman–Crippen MR) is 89.0 cm³/mol. The van der Waals surface area contributed by atoms with Gasteiger partial charge in [-0.25, -0.2) is 0 Å². The number of rotatable bonds is 3. The molecule has 1 saturated heterocycles. The molecule has 1 aromatic rings. The van der Waals surface area contributed by atoms with E-state index in [4.69, 9.17) is 9.47 Å². The third-order valence-corrected chi connectivity index (χ3v) is 5.91. The Morgan fingerprint density at radius 3 is 2.92 bits per heavy atom. The first-order valence-electron chi connectivity index (χ1n) is 8.97. The van der Waals surface area contributed by atoms with Crippen LogP contribution >= 0.6 is 0 Å². The molecule has 2 aliphatic heterocycles. The van der Waals surface area contributed by atoms with Gasteiger partial charge in [-0.2, -0.15) is 0 Å². The number of aliphatic hydroxyl groups excluding tert-OH is 1. The minimum atomic E-state index is -0.312. The molecule has 0 bridgehead atoms. The van der Waals surface area contributed by atoms with Crippen molar-refractivity contribution in [2.75, 3.05) is 19.8 Å². The lowest BCUT2D eigenvalue weighted by Crippen LogP contribution is -2.65. The van der Waals surface area contributed by atoms with Gasteiger partial charge in [-0.15, -0.1) is 0 Å². The van der Waals surface area contributed by atoms with Gasteiger partial charge in [0.05, 0.1) is 19.1 Å². The summed E-state index contributed by atoms with van der Waals surface area (Å²) in [5.41, 5.74) is 2.06. The molecule has 5 heteroatoms. The molecule has 4 rings (SSSR count). The number of fused-ring (bicyclic) bond motifs is 1. The number of ether oxygens (including phenoxy) is 2. The first-order valence-corrected chi connectivity index (χ1v) is 8.97. The molecule has 1 amide bonds. The van der Waals surface area contributed by atoms with Crippen molar-refractivity contribution < 1.29 is 19.4 Å². The SMILES string of the molecule is O=C(Cc1ccc2c(c1)CCCO2)N[C@@H]1C[C@@H](O)C12CCOCC2. The standard InChI is InChI=1S/C19H25NO4/c21-17-12-16(19(17)5-8-23-9-6-19)20-18(22)11-13-3-4-15-14(10-13)2-1-7-24-15/h3-4,10,16-17,21H,1-2,5-9,11-12H2,(H,20,22)/t16-,17-/m1/s1. The second-order valence-corrected chi connectivity index (χ2v) is 7.29. The summed E-state index contributed by atoms with van der Waals surface area (Å²) in [4.78, 5) is 12.5. The Bertz CT molecular complexity index is 624. The molecule has 130 valence electrons. The summed E-state index contributed by atoms with van der Waals surface area (Å²) in [5, 5.41) is 13.4. The summed E-state index contributed by atoms with van der Waals surface area (Å²) < 4.78 is 11.0. The zero-order chi connectivity index (χ0) is 16.6. The third-order valence-electron chi connectivity index (χ3n) is 5.91. The molecule has 0 aromatic heterocycles. The van der Waals surface area contributed by atoms with E-state index in [1.807, 2.05) is 12.1 Å². The van der Waals surface area contributed by atoms with Gasteiger partial charge in [0.2, 0.25) is 5.91 Å². The minimum absolute atomic E-state index is 0.0365. The second-order valence-electron chi connectivity index (χ2n) is 7.29. The fraction of sp³-hybridized carbons (Fsp3) is 0.632. The van der Waals surface area contributed by atoms with Crippen molar-refractivity contribution in [1.29, 1.82) is 0 Å². The van der Waals surface area contributed by atoms with Crippen LogP contribution in [-0.4, -0.2) is 43.0 Å². The molecule has 2 atom stereocenters. The van der Waals surface area contributed by atoms with Gasteiger partial charge in [-0.3, -0.25) is 4.79 Å². The molecular formula is C19H25NO4. The number of nitrogens with one attached hydrogen (secondary N) is 1. The molecule has 1 saturated carbocycles. The number of benzene rings is 1. The molecule has 0 radical (unpaired) electrons. The number of aliphatic hydroxyl groups is 1. The van der Waals surface area contributed by atoms with Gasteiger partial charge < -0.3 is 19.9 Å². The maximum Gasteiger partial charge on any atom is 0.224 e. The molecule has 2 N–H and O–H groups in total. The lowest BCUT2D eigenvalue weighted by Gasteiger charge is -2.55. The van der Waals surface area contributed by atoms with E-state index in [-0.39, 0.29) is 23.5 Å². The van der Waals surface area contributed by atoms with Crippen molar-refractivity contribution >= 4 is 5.91 Å². The highest BCUT2D eigenvalue weighted by Crippen LogP contribution is 2.48. The Labute approximate surface area is 142 Å². The van der Waals surface area contributed by atoms with E-state index in [9.17, 15) is 9.90 Å². The Hall–Kier alpha value is -1.59. The molecule has 24 heavy (non-hydrogen) atoms. The van der Waals surface area contributed by atoms with Gasteiger partial charge in [0.25, 0.3) is 0 Å². The predicted octanol–water partition coefficient (Wildman–Crippen LogP) is 1.60. The van der Waals surface area contributed by atoms with Crippen molar-refractivity contribution in [3.8, 4) is 5.75 Å². The van der Waals surface area contributed by atoms with Gasteiger partial charge in [-0.05, 0) is 49.3 Å². The number of aryl methyl sites for hydroxylation is 1. The highest BCUT2D eigenvalue weighted by atomic mass is 16.5. The lowest BCUT2D eigenvalue weighted by atomic mass is 9.58. The van der Waals surface area contributed by atoms with Crippen molar-refractivity contribution in [3.63, 3.8) is 0 Å². The number of carbonyl (C=O) groups is 1. The van der Waals surface area contributed by atoms with E-state index in [0.29, 0.717) is 26.1 Å². The maximum absolute atomic E-state index is 12.5. The zero-order valence-electron chi connectivity index (χ0n) is 13.9. The normalized spacial score (nSPS) is 27.7. The fourth-order valence-electron chi connectivity index (χ4n) is 4.35. The Morgan fingerprint density at radius 1 is 1.29 bits per heavy atom. The Morgan fingerprint density at radius 2 is 2.12 bits per heavy atom. The Balaban J connectivity index is 1.38. The van der Waals surface area contributed by atoms with E-state index in [1.54, 1.807) is 0 Å². The highest BCUT2D eigenvalue weighted by Gasteiger charge is 2.55. The van der Waals surface area contributed by atoms with Gasteiger partial charge in [0, 0.05) is 24.7 Å². The van der Waals surface area contributed by atoms with Gasteiger partial charge in [0.1, 0.15) is 5.75 Å². The van der Waals surface area contributed by atoms with Crippen LogP contribution in [0.4, 0.5) is 0 Å². The summed E-state index contributed by atoms with van der Waals surface area (Å²) in [5.74, 6) is 0.989. The van der Waals surface area contributed by atoms with Gasteiger partial charge in [-0.1, -0.05) is 12.1 Å². The summed E-state index contributed by atoms with van der Waals surface area (Å²) >= 11 is 0. The molecule has 5 nitrogen and oxygen atoms in total. The van der Waals surface area contributed by atoms with Crippen LogP contribution in [0, 0.1) is 5.41 Å². The maximum atomic E-state index is 12.5. The van der Waals surface area contributed by atoms with E-state index in [1.165, 1.54) is 5.56 Å². The Kier molecular flexibility index (Phi) is 4.22. The molecule has 3 aliphatic rings. The molecule has 1 spiro atoms. The second kappa shape index (κ2) is 6.37. The van der Waals surface area contributed by atoms with Crippen molar-refractivity contribution in [1.82, 2.24) is 5.32 Å². The number of amides is 1. The van der Waals surface area contributed by atoms with E-state index in [0.717, 1.165) is 43.6 Å². The molecule has 1 aliphatic carbocycles. The summed E-state index contributed by atoms with van der Waals surface area (Å²) in [6.07, 6.45) is 4.43. The average Bonchev–Trinajstić information content (AvgIpc) is 2.62. The van der Waals surface area contributed by atoms with Crippen molar-refractivity contribution in [3.05, 3.63) is 29.3 Å². The molecule has 2 heterocycles. The number of carbonyl (C=O) groups excluding carboxylic acids is 1. The van der Waals surface area contributed by atoms with Crippen LogP contribution in [0.1, 0.15) is 36.8 Å². The molecule has 1 aromatic carbocycles. The fourth-order valence-corrected chi connectivity index (χ4v) is 4.35. The first kappa shape index (κ1) is 15.9. The smallest absolute Gasteiger partial charge is 0.224 e. The van der Waals surface area contributed by atoms with Crippen LogP contribution in [0.3, 0.4) is 0 Å². The number of hydrogen-bond donors (Lipinski definition) is 2. The molecular weight excluding hydrogens is 306 g/mol. The van der Waals surface area contributed by atoms with Crippen LogP contribution < -0.4 is 10.1 Å². The topological polar surface area (TPSA) is 67.8 Å². The summed E-state index contributed by atoms with van der Waals surface area (Å²) in [7, 11) is 0. The summed E-state index contributed by atoms with van der Waals surface area (Å²) in [6.45, 7) is 2.13. The van der Waals surface area contributed by atoms with Crippen molar-refractivity contribution in [2.24, 2.45) is 5.41 Å². The number of hydrogen-bond acceptors (Lipinski definition) is 4. The minimum Gasteiger partial charge on any atom is -0.493 e. The van der Waals surface area contributed by atoms with E-state index >= 15 is 0 Å². The third kappa shape index (κ3) is 2.80. The quantitative estimate of drug-likeness (QED) is 0.883. The molecule has 2 fully saturated rings. The van der Waals surface area contributed by atoms with E-state index < -0.39 is 0 Å².